The predicted octanol–water partition coefficient (Wildman–Crippen LogP) is 5.67. The minimum Gasteiger partial charge on any atom is -0.493 e. The first-order chi connectivity index (χ1) is 14.1. The Morgan fingerprint density at radius 3 is 2.28 bits per heavy atom. The molecule has 29 heavy (non-hydrogen) atoms. The molecule has 0 aliphatic carbocycles. The maximum atomic E-state index is 12.7. The first kappa shape index (κ1) is 22.0. The minimum atomic E-state index is -0.112. The molecule has 0 saturated carbocycles. The van der Waals surface area contributed by atoms with Crippen molar-refractivity contribution in [2.45, 2.75) is 20.3 Å². The van der Waals surface area contributed by atoms with E-state index >= 15 is 0 Å². The average molecular weight is 392 g/mol. The lowest BCUT2D eigenvalue weighted by Crippen LogP contribution is -2.03. The number of ketones is 1. The largest absolute Gasteiger partial charge is 0.493 e. The number of carbonyl (C=O) groups is 1. The zero-order valence-electron chi connectivity index (χ0n) is 17.1. The van der Waals surface area contributed by atoms with Gasteiger partial charge in [0.2, 0.25) is 0 Å². The molecule has 0 amide bonds. The van der Waals surface area contributed by atoms with Crippen molar-refractivity contribution >= 4 is 11.9 Å². The van der Waals surface area contributed by atoms with E-state index in [1.807, 2.05) is 32.1 Å². The molecule has 0 aliphatic heterocycles. The van der Waals surface area contributed by atoms with Crippen molar-refractivity contribution in [1.82, 2.24) is 0 Å². The fourth-order valence-corrected chi connectivity index (χ4v) is 2.82. The van der Waals surface area contributed by atoms with E-state index in [1.54, 1.807) is 36.4 Å². The molecule has 0 bridgehead atoms. The van der Waals surface area contributed by atoms with Gasteiger partial charge in [0.05, 0.1) is 18.8 Å². The highest BCUT2D eigenvalue weighted by Gasteiger charge is 2.14. The van der Waals surface area contributed by atoms with E-state index in [0.717, 1.165) is 16.9 Å². The lowest BCUT2D eigenvalue weighted by atomic mass is 10.0. The SMILES string of the molecule is C=CCOc1ccc(C(=O)C=Cc2c(OCC)ccc(CC=C)c2OCC)cc1. The molecule has 4 nitrogen and oxygen atoms in total. The molecule has 2 aromatic carbocycles. The van der Waals surface area contributed by atoms with Gasteiger partial charge in [0.1, 0.15) is 23.9 Å². The first-order valence-corrected chi connectivity index (χ1v) is 9.73. The molecular weight excluding hydrogens is 364 g/mol. The Bertz CT molecular complexity index is 863. The summed E-state index contributed by atoms with van der Waals surface area (Å²) < 4.78 is 17.1. The first-order valence-electron chi connectivity index (χ1n) is 9.73. The van der Waals surface area contributed by atoms with E-state index in [1.165, 1.54) is 6.08 Å². The minimum absolute atomic E-state index is 0.112. The van der Waals surface area contributed by atoms with Crippen LogP contribution in [0.1, 0.15) is 35.3 Å². The van der Waals surface area contributed by atoms with Gasteiger partial charge in [0.15, 0.2) is 5.78 Å². The lowest BCUT2D eigenvalue weighted by Gasteiger charge is -2.16. The van der Waals surface area contributed by atoms with E-state index in [4.69, 9.17) is 14.2 Å². The molecule has 0 N–H and O–H groups in total. The zero-order chi connectivity index (χ0) is 21.1. The summed E-state index contributed by atoms with van der Waals surface area (Å²) in [5.74, 6) is 1.98. The highest BCUT2D eigenvalue weighted by Crippen LogP contribution is 2.34. The van der Waals surface area contributed by atoms with Gasteiger partial charge in [-0.1, -0.05) is 24.8 Å². The van der Waals surface area contributed by atoms with Crippen LogP contribution in [0.3, 0.4) is 0 Å². The third-order valence-corrected chi connectivity index (χ3v) is 4.10. The summed E-state index contributed by atoms with van der Waals surface area (Å²) in [6, 6.07) is 10.9. The molecule has 2 aromatic rings. The van der Waals surface area contributed by atoms with E-state index in [-0.39, 0.29) is 5.78 Å². The molecule has 0 heterocycles. The Morgan fingerprint density at radius 1 is 0.931 bits per heavy atom. The van der Waals surface area contributed by atoms with Crippen molar-refractivity contribution in [2.24, 2.45) is 0 Å². The van der Waals surface area contributed by atoms with Crippen LogP contribution in [-0.4, -0.2) is 25.6 Å². The molecule has 152 valence electrons. The molecule has 2 rings (SSSR count). The van der Waals surface area contributed by atoms with Gasteiger partial charge in [-0.25, -0.2) is 0 Å². The molecule has 0 unspecified atom stereocenters. The standard InChI is InChI=1S/C25H28O4/c1-5-9-20-12-17-24(27-7-3)22(25(20)28-8-4)15-16-23(26)19-10-13-21(14-11-19)29-18-6-2/h5-6,10-17H,1-2,7-9,18H2,3-4H3. The second kappa shape index (κ2) is 11.5. The highest BCUT2D eigenvalue weighted by molar-refractivity contribution is 6.07. The summed E-state index contributed by atoms with van der Waals surface area (Å²) in [6.45, 7) is 12.7. The van der Waals surface area contributed by atoms with Crippen molar-refractivity contribution in [1.29, 1.82) is 0 Å². The van der Waals surface area contributed by atoms with Crippen molar-refractivity contribution in [2.75, 3.05) is 19.8 Å². The number of benzene rings is 2. The molecule has 0 spiro atoms. The summed E-state index contributed by atoms with van der Waals surface area (Å²) in [4.78, 5) is 12.7. The molecular formula is C25H28O4. The van der Waals surface area contributed by atoms with Crippen LogP contribution >= 0.6 is 0 Å². The molecule has 0 aromatic heterocycles. The van der Waals surface area contributed by atoms with E-state index in [2.05, 4.69) is 13.2 Å². The molecule has 0 saturated heterocycles. The lowest BCUT2D eigenvalue weighted by molar-refractivity contribution is 0.104. The molecule has 0 aliphatic rings. The number of ether oxygens (including phenoxy) is 3. The Morgan fingerprint density at radius 2 is 1.66 bits per heavy atom. The Balaban J connectivity index is 2.33. The Kier molecular flexibility index (Phi) is 8.77. The monoisotopic (exact) mass is 392 g/mol. The predicted molar refractivity (Wildman–Crippen MR) is 118 cm³/mol. The van der Waals surface area contributed by atoms with Gasteiger partial charge >= 0.3 is 0 Å². The van der Waals surface area contributed by atoms with Gasteiger partial charge in [-0.15, -0.1) is 6.58 Å². The van der Waals surface area contributed by atoms with Gasteiger partial charge in [-0.2, -0.15) is 0 Å². The van der Waals surface area contributed by atoms with Crippen molar-refractivity contribution < 1.29 is 19.0 Å². The van der Waals surface area contributed by atoms with Gasteiger partial charge < -0.3 is 14.2 Å². The normalized spacial score (nSPS) is 10.6. The summed E-state index contributed by atoms with van der Waals surface area (Å²) in [5.41, 5.74) is 2.33. The summed E-state index contributed by atoms with van der Waals surface area (Å²) in [7, 11) is 0. The van der Waals surface area contributed by atoms with Crippen LogP contribution in [0.2, 0.25) is 0 Å². The van der Waals surface area contributed by atoms with Crippen molar-refractivity contribution in [3.05, 3.63) is 84.5 Å². The maximum Gasteiger partial charge on any atom is 0.185 e. The van der Waals surface area contributed by atoms with Crippen molar-refractivity contribution in [3.8, 4) is 17.2 Å². The van der Waals surface area contributed by atoms with E-state index < -0.39 is 0 Å². The van der Waals surface area contributed by atoms with Crippen LogP contribution in [0.4, 0.5) is 0 Å². The van der Waals surface area contributed by atoms with Gasteiger partial charge in [0, 0.05) is 5.56 Å². The van der Waals surface area contributed by atoms with Gasteiger partial charge in [-0.05, 0) is 68.3 Å². The molecule has 0 atom stereocenters. The summed E-state index contributed by atoms with van der Waals surface area (Å²) in [6.07, 6.45) is 7.47. The number of allylic oxidation sites excluding steroid dienone is 2. The third-order valence-electron chi connectivity index (χ3n) is 4.10. The quantitative estimate of drug-likeness (QED) is 0.265. The van der Waals surface area contributed by atoms with Crippen LogP contribution in [0.25, 0.3) is 6.08 Å². The second-order valence-electron chi connectivity index (χ2n) is 6.15. The average Bonchev–Trinajstić information content (AvgIpc) is 2.74. The van der Waals surface area contributed by atoms with Gasteiger partial charge in [0.25, 0.3) is 0 Å². The number of hydrogen-bond donors (Lipinski definition) is 0. The van der Waals surface area contributed by atoms with Crippen molar-refractivity contribution in [3.63, 3.8) is 0 Å². The third kappa shape index (κ3) is 6.11. The van der Waals surface area contributed by atoms with Gasteiger partial charge in [-0.3, -0.25) is 4.79 Å². The smallest absolute Gasteiger partial charge is 0.185 e. The molecule has 0 radical (unpaired) electrons. The highest BCUT2D eigenvalue weighted by atomic mass is 16.5. The second-order valence-corrected chi connectivity index (χ2v) is 6.15. The molecule has 4 heteroatoms. The number of rotatable bonds is 12. The fraction of sp³-hybridized carbons (Fsp3) is 0.240. The van der Waals surface area contributed by atoms with Crippen LogP contribution in [0, 0.1) is 0 Å². The fourth-order valence-electron chi connectivity index (χ4n) is 2.82. The van der Waals surface area contributed by atoms with Crippen LogP contribution < -0.4 is 14.2 Å². The van der Waals surface area contributed by atoms with Crippen LogP contribution in [-0.2, 0) is 6.42 Å². The Hall–Kier alpha value is -3.27. The summed E-state index contributed by atoms with van der Waals surface area (Å²) in [5, 5.41) is 0. The maximum absolute atomic E-state index is 12.7. The van der Waals surface area contributed by atoms with Crippen LogP contribution in [0.5, 0.6) is 17.2 Å². The number of hydrogen-bond acceptors (Lipinski definition) is 4. The zero-order valence-corrected chi connectivity index (χ0v) is 17.1. The topological polar surface area (TPSA) is 44.8 Å². The molecule has 0 fully saturated rings. The Labute approximate surface area is 173 Å². The van der Waals surface area contributed by atoms with Crippen LogP contribution in [0.15, 0.2) is 67.8 Å². The number of carbonyl (C=O) groups excluding carboxylic acids is 1. The summed E-state index contributed by atoms with van der Waals surface area (Å²) >= 11 is 0. The van der Waals surface area contributed by atoms with E-state index in [0.29, 0.717) is 43.3 Å². The van der Waals surface area contributed by atoms with E-state index in [9.17, 15) is 4.79 Å².